The third-order valence-electron chi connectivity index (χ3n) is 4.94. The van der Waals surface area contributed by atoms with Gasteiger partial charge in [0.25, 0.3) is 11.8 Å². The lowest BCUT2D eigenvalue weighted by atomic mass is 10.1. The highest BCUT2D eigenvalue weighted by Crippen LogP contribution is 2.14. The van der Waals surface area contributed by atoms with Gasteiger partial charge in [-0.15, -0.1) is 0 Å². The molecule has 2 rings (SSSR count). The van der Waals surface area contributed by atoms with Gasteiger partial charge in [0.05, 0.1) is 0 Å². The molecular formula is C20H30N2O4. The van der Waals surface area contributed by atoms with E-state index in [4.69, 9.17) is 0 Å². The van der Waals surface area contributed by atoms with Crippen LogP contribution in [-0.2, 0) is 14.4 Å². The van der Waals surface area contributed by atoms with Crippen LogP contribution in [0.15, 0.2) is 24.3 Å². The molecule has 2 aliphatic heterocycles. The molecule has 0 aliphatic carbocycles. The van der Waals surface area contributed by atoms with Gasteiger partial charge in [0.2, 0.25) is 5.91 Å². The summed E-state index contributed by atoms with van der Waals surface area (Å²) in [4.78, 5) is 37.0. The first kappa shape index (κ1) is 20.4. The quantitative estimate of drug-likeness (QED) is 0.403. The summed E-state index contributed by atoms with van der Waals surface area (Å²) in [6, 6.07) is 0. The number of nitrogens with zero attached hydrogens (tertiary/aromatic N) is 2. The van der Waals surface area contributed by atoms with E-state index in [2.05, 4.69) is 0 Å². The summed E-state index contributed by atoms with van der Waals surface area (Å²) < 4.78 is 0. The molecule has 0 radical (unpaired) electrons. The van der Waals surface area contributed by atoms with E-state index < -0.39 is 6.23 Å². The van der Waals surface area contributed by atoms with E-state index >= 15 is 0 Å². The Morgan fingerprint density at radius 2 is 1.12 bits per heavy atom. The Morgan fingerprint density at radius 3 is 1.58 bits per heavy atom. The van der Waals surface area contributed by atoms with Gasteiger partial charge in [-0.05, 0) is 18.9 Å². The van der Waals surface area contributed by atoms with Crippen LogP contribution >= 0.6 is 0 Å². The molecule has 0 aromatic carbocycles. The van der Waals surface area contributed by atoms with Crippen molar-refractivity contribution in [1.29, 1.82) is 0 Å². The standard InChI is InChI=1S/C20H30N2O4/c23-17-11-12-18(24)21(17)15-9-7-5-3-1-2-4-6-8-10-16-22-19(25)13-14-20(22)26/h11-14,17,23H,1-10,15-16H2. The van der Waals surface area contributed by atoms with E-state index in [1.54, 1.807) is 0 Å². The molecule has 0 spiro atoms. The van der Waals surface area contributed by atoms with Gasteiger partial charge in [0, 0.05) is 31.3 Å². The predicted octanol–water partition coefficient (Wildman–Crippen LogP) is 2.53. The Balaban J connectivity index is 1.34. The Labute approximate surface area is 155 Å². The van der Waals surface area contributed by atoms with Crippen LogP contribution < -0.4 is 0 Å². The van der Waals surface area contributed by atoms with Crippen molar-refractivity contribution in [2.75, 3.05) is 13.1 Å². The fourth-order valence-corrected chi connectivity index (χ4v) is 3.36. The molecule has 3 amide bonds. The number of carbonyl (C=O) groups is 3. The summed E-state index contributed by atoms with van der Waals surface area (Å²) in [5, 5.41) is 9.59. The fourth-order valence-electron chi connectivity index (χ4n) is 3.36. The summed E-state index contributed by atoms with van der Waals surface area (Å²) in [5.74, 6) is -0.461. The first-order valence-electron chi connectivity index (χ1n) is 9.80. The highest BCUT2D eigenvalue weighted by molar-refractivity contribution is 6.12. The van der Waals surface area contributed by atoms with E-state index in [1.165, 1.54) is 59.8 Å². The van der Waals surface area contributed by atoms with Gasteiger partial charge in [0.15, 0.2) is 0 Å². The average Bonchev–Trinajstić information content (AvgIpc) is 3.11. The van der Waals surface area contributed by atoms with Crippen LogP contribution in [-0.4, -0.2) is 51.9 Å². The maximum Gasteiger partial charge on any atom is 0.253 e. The SMILES string of the molecule is O=C1C=CC(=O)N1CCCCCCCCCCCCN1C(=O)C=CC1O. The number of hydrogen-bond donors (Lipinski definition) is 1. The van der Waals surface area contributed by atoms with E-state index in [0.29, 0.717) is 13.1 Å². The second kappa shape index (κ2) is 10.9. The van der Waals surface area contributed by atoms with Gasteiger partial charge in [-0.25, -0.2) is 0 Å². The highest BCUT2D eigenvalue weighted by atomic mass is 16.3. The monoisotopic (exact) mass is 362 g/mol. The van der Waals surface area contributed by atoms with Crippen molar-refractivity contribution in [2.45, 2.75) is 70.4 Å². The van der Waals surface area contributed by atoms with Crippen molar-refractivity contribution in [1.82, 2.24) is 9.80 Å². The largest absolute Gasteiger partial charge is 0.370 e. The van der Waals surface area contributed by atoms with Gasteiger partial charge in [0.1, 0.15) is 6.23 Å². The van der Waals surface area contributed by atoms with Crippen molar-refractivity contribution in [3.63, 3.8) is 0 Å². The van der Waals surface area contributed by atoms with E-state index in [1.807, 2.05) is 0 Å². The third-order valence-corrected chi connectivity index (χ3v) is 4.94. The second-order valence-electron chi connectivity index (χ2n) is 7.00. The van der Waals surface area contributed by atoms with Gasteiger partial charge in [-0.1, -0.05) is 51.4 Å². The van der Waals surface area contributed by atoms with Crippen LogP contribution in [0.4, 0.5) is 0 Å². The molecule has 0 aromatic rings. The van der Waals surface area contributed by atoms with Crippen LogP contribution in [0.3, 0.4) is 0 Å². The van der Waals surface area contributed by atoms with E-state index in [9.17, 15) is 19.5 Å². The molecule has 0 saturated carbocycles. The van der Waals surface area contributed by atoms with Crippen molar-refractivity contribution >= 4 is 17.7 Å². The molecule has 6 nitrogen and oxygen atoms in total. The molecule has 0 bridgehead atoms. The van der Waals surface area contributed by atoms with Crippen molar-refractivity contribution in [3.05, 3.63) is 24.3 Å². The summed E-state index contributed by atoms with van der Waals surface area (Å²) in [6.45, 7) is 1.17. The third kappa shape index (κ3) is 6.41. The highest BCUT2D eigenvalue weighted by Gasteiger charge is 2.23. The first-order valence-corrected chi connectivity index (χ1v) is 9.80. The fraction of sp³-hybridized carbons (Fsp3) is 0.650. The first-order chi connectivity index (χ1) is 12.6. The number of amides is 3. The number of unbranched alkanes of at least 4 members (excludes halogenated alkanes) is 9. The van der Waals surface area contributed by atoms with Gasteiger partial charge >= 0.3 is 0 Å². The number of carbonyl (C=O) groups excluding carboxylic acids is 3. The molecule has 2 heterocycles. The molecule has 6 heteroatoms. The normalized spacial score (nSPS) is 19.4. The molecule has 1 unspecified atom stereocenters. The molecule has 0 aromatic heterocycles. The van der Waals surface area contributed by atoms with Crippen LogP contribution in [0.2, 0.25) is 0 Å². The van der Waals surface area contributed by atoms with Gasteiger partial charge in [-0.3, -0.25) is 19.3 Å². The molecule has 2 aliphatic rings. The Hall–Kier alpha value is -1.95. The Morgan fingerprint density at radius 1 is 0.654 bits per heavy atom. The number of rotatable bonds is 13. The number of imide groups is 1. The van der Waals surface area contributed by atoms with Crippen molar-refractivity contribution in [2.24, 2.45) is 0 Å². The molecule has 1 atom stereocenters. The minimum absolute atomic E-state index is 0.0905. The van der Waals surface area contributed by atoms with E-state index in [-0.39, 0.29) is 17.7 Å². The minimum Gasteiger partial charge on any atom is -0.370 e. The minimum atomic E-state index is -0.736. The lowest BCUT2D eigenvalue weighted by Gasteiger charge is -2.20. The van der Waals surface area contributed by atoms with Crippen LogP contribution in [0.5, 0.6) is 0 Å². The summed E-state index contributed by atoms with van der Waals surface area (Å²) >= 11 is 0. The van der Waals surface area contributed by atoms with Crippen LogP contribution in [0.25, 0.3) is 0 Å². The molecule has 0 fully saturated rings. The molecular weight excluding hydrogens is 332 g/mol. The zero-order chi connectivity index (χ0) is 18.8. The number of aliphatic hydroxyl groups excluding tert-OH is 1. The van der Waals surface area contributed by atoms with Crippen LogP contribution in [0.1, 0.15) is 64.2 Å². The average molecular weight is 362 g/mol. The summed E-state index contributed by atoms with van der Waals surface area (Å²) in [6.07, 6.45) is 16.0. The molecule has 1 N–H and O–H groups in total. The van der Waals surface area contributed by atoms with Gasteiger partial charge < -0.3 is 10.0 Å². The number of aliphatic hydroxyl groups is 1. The molecule has 26 heavy (non-hydrogen) atoms. The molecule has 144 valence electrons. The number of hydrogen-bond acceptors (Lipinski definition) is 4. The predicted molar refractivity (Wildman–Crippen MR) is 98.9 cm³/mol. The zero-order valence-electron chi connectivity index (χ0n) is 15.4. The zero-order valence-corrected chi connectivity index (χ0v) is 15.4. The lowest BCUT2D eigenvalue weighted by molar-refractivity contribution is -0.137. The summed E-state index contributed by atoms with van der Waals surface area (Å²) in [7, 11) is 0. The smallest absolute Gasteiger partial charge is 0.253 e. The van der Waals surface area contributed by atoms with Crippen molar-refractivity contribution < 1.29 is 19.5 Å². The maximum absolute atomic E-state index is 11.4. The topological polar surface area (TPSA) is 77.9 Å². The van der Waals surface area contributed by atoms with E-state index in [0.717, 1.165) is 38.5 Å². The maximum atomic E-state index is 11.4. The van der Waals surface area contributed by atoms with Gasteiger partial charge in [-0.2, -0.15) is 0 Å². The second-order valence-corrected chi connectivity index (χ2v) is 7.00. The summed E-state index contributed by atoms with van der Waals surface area (Å²) in [5.41, 5.74) is 0. The lowest BCUT2D eigenvalue weighted by Crippen LogP contribution is -2.34. The molecule has 0 saturated heterocycles. The van der Waals surface area contributed by atoms with Crippen molar-refractivity contribution in [3.8, 4) is 0 Å². The Bertz CT molecular complexity index is 538. The van der Waals surface area contributed by atoms with Crippen LogP contribution in [0, 0.1) is 0 Å². The Kier molecular flexibility index (Phi) is 8.54.